The number of sulfonamides is 1. The number of guanidine groups is 1. The van der Waals surface area contributed by atoms with Crippen LogP contribution in [0.5, 0.6) is 0 Å². The molecule has 1 atom stereocenters. The van der Waals surface area contributed by atoms with Crippen molar-refractivity contribution in [3.8, 4) is 0 Å². The van der Waals surface area contributed by atoms with Crippen LogP contribution in [0.15, 0.2) is 34.2 Å². The summed E-state index contributed by atoms with van der Waals surface area (Å²) in [5.41, 5.74) is 0.828. The highest BCUT2D eigenvalue weighted by molar-refractivity contribution is 14.0. The van der Waals surface area contributed by atoms with E-state index in [0.29, 0.717) is 19.1 Å². The van der Waals surface area contributed by atoms with Gasteiger partial charge in [0.25, 0.3) is 0 Å². The summed E-state index contributed by atoms with van der Waals surface area (Å²) in [5, 5.41) is 6.57. The third-order valence-electron chi connectivity index (χ3n) is 3.94. The SMILES string of the molecule is CCNC(=NCc1cccc(S(=O)(=O)NCCOC)c1)NC(C)C(C)C.I. The van der Waals surface area contributed by atoms with Gasteiger partial charge in [-0.2, -0.15) is 0 Å². The predicted octanol–water partition coefficient (Wildman–Crippen LogP) is 2.33. The fourth-order valence-corrected chi connectivity index (χ4v) is 3.13. The van der Waals surface area contributed by atoms with Crippen LogP contribution in [0.2, 0.25) is 0 Å². The lowest BCUT2D eigenvalue weighted by molar-refractivity contribution is 0.204. The van der Waals surface area contributed by atoms with Crippen molar-refractivity contribution in [2.24, 2.45) is 10.9 Å². The molecule has 1 rings (SSSR count). The number of methoxy groups -OCH3 is 1. The zero-order valence-corrected chi connectivity index (χ0v) is 19.9. The lowest BCUT2D eigenvalue weighted by Gasteiger charge is -2.20. The second kappa shape index (κ2) is 13.3. The minimum atomic E-state index is -3.54. The van der Waals surface area contributed by atoms with Crippen molar-refractivity contribution in [1.82, 2.24) is 15.4 Å². The normalized spacial score (nSPS) is 13.2. The summed E-state index contributed by atoms with van der Waals surface area (Å²) in [6.07, 6.45) is 0. The van der Waals surface area contributed by atoms with Crippen molar-refractivity contribution in [2.75, 3.05) is 26.8 Å². The maximum absolute atomic E-state index is 12.3. The van der Waals surface area contributed by atoms with Gasteiger partial charge in [0.15, 0.2) is 5.96 Å². The summed E-state index contributed by atoms with van der Waals surface area (Å²) < 4.78 is 32.0. The van der Waals surface area contributed by atoms with E-state index >= 15 is 0 Å². The molecule has 0 aliphatic heterocycles. The second-order valence-electron chi connectivity index (χ2n) is 6.41. The van der Waals surface area contributed by atoms with E-state index in [1.165, 1.54) is 7.11 Å². The molecule has 156 valence electrons. The molecule has 7 nitrogen and oxygen atoms in total. The van der Waals surface area contributed by atoms with Crippen molar-refractivity contribution in [2.45, 2.75) is 45.2 Å². The summed E-state index contributed by atoms with van der Waals surface area (Å²) in [7, 11) is -2.01. The summed E-state index contributed by atoms with van der Waals surface area (Å²) in [6.45, 7) is 10.1. The Morgan fingerprint density at radius 2 is 1.96 bits per heavy atom. The molecule has 0 bridgehead atoms. The number of nitrogens with zero attached hydrogens (tertiary/aromatic N) is 1. The van der Waals surface area contributed by atoms with E-state index in [4.69, 9.17) is 4.74 Å². The quantitative estimate of drug-likeness (QED) is 0.194. The zero-order chi connectivity index (χ0) is 19.6. The van der Waals surface area contributed by atoms with Crippen LogP contribution in [0.1, 0.15) is 33.3 Å². The summed E-state index contributed by atoms with van der Waals surface area (Å²) >= 11 is 0. The van der Waals surface area contributed by atoms with Gasteiger partial charge in [0, 0.05) is 26.2 Å². The van der Waals surface area contributed by atoms with Crippen molar-refractivity contribution in [1.29, 1.82) is 0 Å². The number of rotatable bonds is 10. The molecule has 0 heterocycles. The minimum absolute atomic E-state index is 0. The molecule has 27 heavy (non-hydrogen) atoms. The highest BCUT2D eigenvalue weighted by atomic mass is 127. The van der Waals surface area contributed by atoms with E-state index in [9.17, 15) is 8.42 Å². The van der Waals surface area contributed by atoms with E-state index in [2.05, 4.69) is 41.1 Å². The molecule has 0 saturated carbocycles. The number of hydrogen-bond donors (Lipinski definition) is 3. The molecule has 9 heteroatoms. The number of halogens is 1. The van der Waals surface area contributed by atoms with Crippen LogP contribution in [0.3, 0.4) is 0 Å². The Morgan fingerprint density at radius 1 is 1.26 bits per heavy atom. The second-order valence-corrected chi connectivity index (χ2v) is 8.18. The van der Waals surface area contributed by atoms with E-state index in [1.807, 2.05) is 13.0 Å². The molecule has 0 fully saturated rings. The van der Waals surface area contributed by atoms with Crippen molar-refractivity contribution >= 4 is 40.0 Å². The number of ether oxygens (including phenoxy) is 1. The molecule has 0 saturated heterocycles. The number of hydrogen-bond acceptors (Lipinski definition) is 4. The first kappa shape index (κ1) is 26.1. The Hall–Kier alpha value is -0.910. The lowest BCUT2D eigenvalue weighted by atomic mass is 10.1. The predicted molar refractivity (Wildman–Crippen MR) is 121 cm³/mol. The van der Waals surface area contributed by atoms with Crippen LogP contribution in [0, 0.1) is 5.92 Å². The van der Waals surface area contributed by atoms with Crippen LogP contribution in [-0.4, -0.2) is 47.2 Å². The highest BCUT2D eigenvalue weighted by Gasteiger charge is 2.14. The number of nitrogens with one attached hydrogen (secondary N) is 3. The monoisotopic (exact) mass is 512 g/mol. The van der Waals surface area contributed by atoms with Crippen LogP contribution >= 0.6 is 24.0 Å². The van der Waals surface area contributed by atoms with E-state index in [0.717, 1.165) is 18.1 Å². The van der Waals surface area contributed by atoms with E-state index in [1.54, 1.807) is 18.2 Å². The van der Waals surface area contributed by atoms with Crippen LogP contribution in [0.25, 0.3) is 0 Å². The third-order valence-corrected chi connectivity index (χ3v) is 5.39. The van der Waals surface area contributed by atoms with Gasteiger partial charge in [-0.3, -0.25) is 0 Å². The summed E-state index contributed by atoms with van der Waals surface area (Å²) in [4.78, 5) is 4.80. The van der Waals surface area contributed by atoms with Gasteiger partial charge in [0.2, 0.25) is 10.0 Å². The van der Waals surface area contributed by atoms with Gasteiger partial charge in [0.1, 0.15) is 0 Å². The standard InChI is InChI=1S/C18H32N4O3S.HI/c1-6-19-18(22-15(4)14(2)3)20-13-16-8-7-9-17(12-16)26(23,24)21-10-11-25-5;/h7-9,12,14-15,21H,6,10-11,13H2,1-5H3,(H2,19,20,22);1H. The third kappa shape index (κ3) is 9.72. The molecule has 0 aliphatic carbocycles. The molecule has 1 aromatic rings. The maximum atomic E-state index is 12.3. The fourth-order valence-electron chi connectivity index (χ4n) is 2.05. The van der Waals surface area contributed by atoms with E-state index in [-0.39, 0.29) is 41.5 Å². The van der Waals surface area contributed by atoms with Crippen LogP contribution < -0.4 is 15.4 Å². The van der Waals surface area contributed by atoms with Gasteiger partial charge >= 0.3 is 0 Å². The topological polar surface area (TPSA) is 91.8 Å². The Balaban J connectivity index is 0.00000676. The molecule has 0 amide bonds. The largest absolute Gasteiger partial charge is 0.383 e. The summed E-state index contributed by atoms with van der Waals surface area (Å²) in [5.74, 6) is 1.20. The average Bonchev–Trinajstić information content (AvgIpc) is 2.60. The Morgan fingerprint density at radius 3 is 2.56 bits per heavy atom. The Labute approximate surface area is 180 Å². The highest BCUT2D eigenvalue weighted by Crippen LogP contribution is 2.12. The molecule has 0 radical (unpaired) electrons. The van der Waals surface area contributed by atoms with Gasteiger partial charge in [-0.25, -0.2) is 18.1 Å². The lowest BCUT2D eigenvalue weighted by Crippen LogP contribution is -2.44. The molecule has 3 N–H and O–H groups in total. The van der Waals surface area contributed by atoms with Crippen molar-refractivity contribution in [3.05, 3.63) is 29.8 Å². The zero-order valence-electron chi connectivity index (χ0n) is 16.8. The molecule has 1 aromatic carbocycles. The minimum Gasteiger partial charge on any atom is -0.383 e. The van der Waals surface area contributed by atoms with Gasteiger partial charge in [-0.1, -0.05) is 26.0 Å². The number of aliphatic imine (C=N–C) groups is 1. The first-order valence-electron chi connectivity index (χ1n) is 8.92. The fraction of sp³-hybridized carbons (Fsp3) is 0.611. The van der Waals surface area contributed by atoms with Gasteiger partial charge in [0.05, 0.1) is 18.0 Å². The molecular formula is C18H33IN4O3S. The first-order chi connectivity index (χ1) is 12.3. The number of benzene rings is 1. The molecule has 1 unspecified atom stereocenters. The molecular weight excluding hydrogens is 479 g/mol. The molecule has 0 aromatic heterocycles. The maximum Gasteiger partial charge on any atom is 0.240 e. The Kier molecular flexibility index (Phi) is 12.8. The van der Waals surface area contributed by atoms with Crippen LogP contribution in [-0.2, 0) is 21.3 Å². The van der Waals surface area contributed by atoms with E-state index < -0.39 is 10.0 Å². The smallest absolute Gasteiger partial charge is 0.240 e. The average molecular weight is 512 g/mol. The van der Waals surface area contributed by atoms with Crippen LogP contribution in [0.4, 0.5) is 0 Å². The van der Waals surface area contributed by atoms with Gasteiger partial charge < -0.3 is 15.4 Å². The molecule has 0 spiro atoms. The first-order valence-corrected chi connectivity index (χ1v) is 10.4. The summed E-state index contributed by atoms with van der Waals surface area (Å²) in [6, 6.07) is 7.10. The molecule has 0 aliphatic rings. The van der Waals surface area contributed by atoms with Crippen molar-refractivity contribution in [3.63, 3.8) is 0 Å². The van der Waals surface area contributed by atoms with Crippen molar-refractivity contribution < 1.29 is 13.2 Å². The van der Waals surface area contributed by atoms with Gasteiger partial charge in [-0.05, 0) is 37.5 Å². The Bertz CT molecular complexity index is 681. The van der Waals surface area contributed by atoms with Gasteiger partial charge in [-0.15, -0.1) is 24.0 Å².